The summed E-state index contributed by atoms with van der Waals surface area (Å²) >= 11 is 0. The van der Waals surface area contributed by atoms with Gasteiger partial charge in [-0.25, -0.2) is 4.79 Å². The molecule has 1 fully saturated rings. The van der Waals surface area contributed by atoms with Gasteiger partial charge in [0.2, 0.25) is 0 Å². The Morgan fingerprint density at radius 2 is 2.05 bits per heavy atom. The van der Waals surface area contributed by atoms with Crippen molar-refractivity contribution in [3.05, 3.63) is 0 Å². The summed E-state index contributed by atoms with van der Waals surface area (Å²) in [4.78, 5) is 11.9. The Bertz CT molecular complexity index is 297. The number of nitrogens with one attached hydrogen (secondary N) is 2. The molecule has 0 aromatic carbocycles. The van der Waals surface area contributed by atoms with E-state index in [9.17, 15) is 9.90 Å². The first-order valence-corrected chi connectivity index (χ1v) is 8.35. The highest BCUT2D eigenvalue weighted by atomic mass is 16.5. The summed E-state index contributed by atoms with van der Waals surface area (Å²) in [5, 5.41) is 15.3. The molecule has 1 aliphatic rings. The van der Waals surface area contributed by atoms with Gasteiger partial charge in [-0.05, 0) is 32.1 Å². The van der Waals surface area contributed by atoms with E-state index in [1.807, 2.05) is 6.92 Å². The standard InChI is InChI=1S/C16H32N2O3/c1-4-21-15(12(2)3)9-10-17-16(20)18-14-8-6-5-7-13(14)11-19/h12-15,19H,4-11H2,1-3H3,(H2,17,18,20). The molecule has 0 aromatic heterocycles. The lowest BCUT2D eigenvalue weighted by atomic mass is 9.85. The molecule has 1 rings (SSSR count). The average molecular weight is 300 g/mol. The minimum atomic E-state index is -0.126. The molecule has 3 N–H and O–H groups in total. The van der Waals surface area contributed by atoms with E-state index < -0.39 is 0 Å². The zero-order valence-electron chi connectivity index (χ0n) is 13.7. The molecule has 5 heteroatoms. The van der Waals surface area contributed by atoms with Crippen LogP contribution < -0.4 is 10.6 Å². The van der Waals surface area contributed by atoms with Gasteiger partial charge in [0, 0.05) is 31.7 Å². The van der Waals surface area contributed by atoms with E-state index in [4.69, 9.17) is 4.74 Å². The van der Waals surface area contributed by atoms with Gasteiger partial charge in [0.05, 0.1) is 6.10 Å². The smallest absolute Gasteiger partial charge is 0.315 e. The molecule has 1 aliphatic carbocycles. The van der Waals surface area contributed by atoms with Crippen molar-refractivity contribution in [3.63, 3.8) is 0 Å². The van der Waals surface area contributed by atoms with Crippen LogP contribution in [0.1, 0.15) is 52.9 Å². The zero-order valence-corrected chi connectivity index (χ0v) is 13.7. The Balaban J connectivity index is 2.26. The molecule has 0 radical (unpaired) electrons. The number of aliphatic hydroxyl groups is 1. The summed E-state index contributed by atoms with van der Waals surface area (Å²) in [6.07, 6.45) is 5.26. The molecule has 0 heterocycles. The van der Waals surface area contributed by atoms with Crippen molar-refractivity contribution in [1.29, 1.82) is 0 Å². The fourth-order valence-corrected chi connectivity index (χ4v) is 2.99. The fourth-order valence-electron chi connectivity index (χ4n) is 2.99. The van der Waals surface area contributed by atoms with Gasteiger partial charge in [0.1, 0.15) is 0 Å². The number of carbonyl (C=O) groups excluding carboxylic acids is 1. The van der Waals surface area contributed by atoms with Crippen molar-refractivity contribution < 1.29 is 14.6 Å². The van der Waals surface area contributed by atoms with Crippen LogP contribution in [0.25, 0.3) is 0 Å². The van der Waals surface area contributed by atoms with E-state index in [0.29, 0.717) is 19.1 Å². The van der Waals surface area contributed by atoms with Crippen molar-refractivity contribution in [1.82, 2.24) is 10.6 Å². The Morgan fingerprint density at radius 3 is 2.67 bits per heavy atom. The van der Waals surface area contributed by atoms with Crippen LogP contribution in [-0.2, 0) is 4.74 Å². The quantitative estimate of drug-likeness (QED) is 0.644. The zero-order chi connectivity index (χ0) is 15.7. The van der Waals surface area contributed by atoms with Gasteiger partial charge in [0.25, 0.3) is 0 Å². The topological polar surface area (TPSA) is 70.6 Å². The maximum Gasteiger partial charge on any atom is 0.315 e. The van der Waals surface area contributed by atoms with Gasteiger partial charge in [-0.3, -0.25) is 0 Å². The third-order valence-corrected chi connectivity index (χ3v) is 4.30. The first-order valence-electron chi connectivity index (χ1n) is 8.35. The third kappa shape index (κ3) is 6.66. The maximum atomic E-state index is 11.9. The minimum Gasteiger partial charge on any atom is -0.396 e. The molecule has 0 spiro atoms. The molecular weight excluding hydrogens is 268 g/mol. The van der Waals surface area contributed by atoms with Crippen molar-refractivity contribution in [2.75, 3.05) is 19.8 Å². The molecular formula is C16H32N2O3. The number of hydrogen-bond donors (Lipinski definition) is 3. The lowest BCUT2D eigenvalue weighted by Crippen LogP contribution is -2.48. The Labute approximate surface area is 128 Å². The molecule has 0 aliphatic heterocycles. The van der Waals surface area contributed by atoms with E-state index in [1.54, 1.807) is 0 Å². The van der Waals surface area contributed by atoms with Crippen molar-refractivity contribution >= 4 is 6.03 Å². The van der Waals surface area contributed by atoms with Crippen LogP contribution in [-0.4, -0.2) is 43.0 Å². The first-order chi connectivity index (χ1) is 10.1. The van der Waals surface area contributed by atoms with Crippen molar-refractivity contribution in [3.8, 4) is 0 Å². The Hall–Kier alpha value is -0.810. The summed E-state index contributed by atoms with van der Waals surface area (Å²) < 4.78 is 5.66. The van der Waals surface area contributed by atoms with Gasteiger partial charge in [0.15, 0.2) is 0 Å². The van der Waals surface area contributed by atoms with Gasteiger partial charge < -0.3 is 20.5 Å². The second-order valence-corrected chi connectivity index (χ2v) is 6.26. The summed E-state index contributed by atoms with van der Waals surface area (Å²) in [5.41, 5.74) is 0. The lowest BCUT2D eigenvalue weighted by Gasteiger charge is -2.31. The van der Waals surface area contributed by atoms with E-state index in [2.05, 4.69) is 24.5 Å². The van der Waals surface area contributed by atoms with E-state index in [1.165, 1.54) is 0 Å². The highest BCUT2D eigenvalue weighted by Crippen LogP contribution is 2.23. The number of ether oxygens (including phenoxy) is 1. The molecule has 124 valence electrons. The first kappa shape index (κ1) is 18.2. The molecule has 0 saturated heterocycles. The largest absolute Gasteiger partial charge is 0.396 e. The Kier molecular flexibility index (Phi) is 8.69. The molecule has 21 heavy (non-hydrogen) atoms. The van der Waals surface area contributed by atoms with Crippen LogP contribution in [0.4, 0.5) is 4.79 Å². The molecule has 1 saturated carbocycles. The van der Waals surface area contributed by atoms with Gasteiger partial charge >= 0.3 is 6.03 Å². The SMILES string of the molecule is CCOC(CCNC(=O)NC1CCCCC1CO)C(C)C. The van der Waals surface area contributed by atoms with Crippen molar-refractivity contribution in [2.24, 2.45) is 11.8 Å². The summed E-state index contributed by atoms with van der Waals surface area (Å²) in [5.74, 6) is 0.656. The summed E-state index contributed by atoms with van der Waals surface area (Å²) in [6, 6.07) is -0.0177. The predicted molar refractivity (Wildman–Crippen MR) is 84.2 cm³/mol. The monoisotopic (exact) mass is 300 g/mol. The van der Waals surface area contributed by atoms with Crippen molar-refractivity contribution in [2.45, 2.75) is 65.0 Å². The van der Waals surface area contributed by atoms with Crippen LogP contribution >= 0.6 is 0 Å². The number of amides is 2. The number of aliphatic hydroxyl groups excluding tert-OH is 1. The molecule has 5 nitrogen and oxygen atoms in total. The van der Waals surface area contributed by atoms with Crippen LogP contribution in [0.2, 0.25) is 0 Å². The molecule has 0 bridgehead atoms. The van der Waals surface area contributed by atoms with Gasteiger partial charge in [-0.1, -0.05) is 26.7 Å². The van der Waals surface area contributed by atoms with Crippen LogP contribution in [0.3, 0.4) is 0 Å². The minimum absolute atomic E-state index is 0.108. The number of urea groups is 1. The number of carbonyl (C=O) groups is 1. The predicted octanol–water partition coefficient (Wildman–Crippen LogP) is 2.29. The highest BCUT2D eigenvalue weighted by molar-refractivity contribution is 5.74. The van der Waals surface area contributed by atoms with E-state index in [-0.39, 0.29) is 30.7 Å². The number of rotatable bonds is 8. The van der Waals surface area contributed by atoms with Crippen LogP contribution in [0.15, 0.2) is 0 Å². The normalized spacial score (nSPS) is 23.9. The van der Waals surface area contributed by atoms with Crippen LogP contribution in [0, 0.1) is 11.8 Å². The van der Waals surface area contributed by atoms with Gasteiger partial charge in [-0.2, -0.15) is 0 Å². The fraction of sp³-hybridized carbons (Fsp3) is 0.938. The van der Waals surface area contributed by atoms with E-state index >= 15 is 0 Å². The molecule has 2 amide bonds. The van der Waals surface area contributed by atoms with Gasteiger partial charge in [-0.15, -0.1) is 0 Å². The average Bonchev–Trinajstić information content (AvgIpc) is 2.46. The second-order valence-electron chi connectivity index (χ2n) is 6.26. The summed E-state index contributed by atoms with van der Waals surface area (Å²) in [7, 11) is 0. The summed E-state index contributed by atoms with van der Waals surface area (Å²) in [6.45, 7) is 7.74. The Morgan fingerprint density at radius 1 is 1.33 bits per heavy atom. The lowest BCUT2D eigenvalue weighted by molar-refractivity contribution is 0.0255. The highest BCUT2D eigenvalue weighted by Gasteiger charge is 2.25. The van der Waals surface area contributed by atoms with E-state index in [0.717, 1.165) is 32.1 Å². The molecule has 0 aromatic rings. The maximum absolute atomic E-state index is 11.9. The van der Waals surface area contributed by atoms with Crippen LogP contribution in [0.5, 0.6) is 0 Å². The molecule has 3 unspecified atom stereocenters. The third-order valence-electron chi connectivity index (χ3n) is 4.30. The number of hydrogen-bond acceptors (Lipinski definition) is 3. The molecule has 3 atom stereocenters. The second kappa shape index (κ2) is 10.0.